The molecule has 3 aromatic carbocycles. The molecule has 0 bridgehead atoms. The summed E-state index contributed by atoms with van der Waals surface area (Å²) >= 11 is 0. The summed E-state index contributed by atoms with van der Waals surface area (Å²) in [6, 6.07) is 30.1. The second kappa shape index (κ2) is 25.1. The van der Waals surface area contributed by atoms with Crippen molar-refractivity contribution in [2.24, 2.45) is 11.8 Å². The zero-order valence-electron chi connectivity index (χ0n) is 42.8. The standard InChI is InChI=1S/C58H69N9O8/c1-64-53(69)36-51(55(64)44-8-3-24-59-37-44)57(72)61-26-33-75-50-21-19-49(20-22-50)74-32-5-10-52(68)62-46-17-13-42(14-18-46)58(73)67-30-28-66(29-31-67)48-9-2-6-43(34-48)45(35-54(70)71)39-65-27-23-40(38-65)11-15-47-16-12-41-7-4-25-60-56(41)63-47/h2-3,6,8-9,12-14,16-22,24,34,37,40,45,51,55H,4-5,7,10-11,15,23,25-33,35-36,38-39H2,1H3,(H,60,63)(H,61,72)(H,62,68)(H,70,71)/t40-,45-,51+,55-/m1/s1. The molecule has 4 N–H and O–H groups in total. The molecular weight excluding hydrogens is 951 g/mol. The first-order chi connectivity index (χ1) is 36.5. The molecular formula is C58H69N9O8. The maximum Gasteiger partial charge on any atom is 0.304 e. The first-order valence-electron chi connectivity index (χ1n) is 26.5. The number of aryl methyl sites for hydroxylation is 2. The minimum atomic E-state index is -0.797. The third-order valence-corrected chi connectivity index (χ3v) is 15.0. The van der Waals surface area contributed by atoms with Crippen LogP contribution in [0.15, 0.2) is 109 Å². The molecule has 17 heteroatoms. The maximum atomic E-state index is 13.6. The molecule has 17 nitrogen and oxygen atoms in total. The van der Waals surface area contributed by atoms with Gasteiger partial charge < -0.3 is 50.1 Å². The zero-order valence-corrected chi connectivity index (χ0v) is 42.8. The number of fused-ring (bicyclic) bond motifs is 1. The molecule has 5 aromatic rings. The molecule has 4 amide bonds. The minimum absolute atomic E-state index is 0.0637. The molecule has 3 saturated heterocycles. The number of anilines is 3. The lowest BCUT2D eigenvalue weighted by Gasteiger charge is -2.36. The fraction of sp³-hybridized carbons (Fsp3) is 0.431. The van der Waals surface area contributed by atoms with E-state index >= 15 is 0 Å². The fourth-order valence-electron chi connectivity index (χ4n) is 10.9. The number of aromatic nitrogens is 2. The lowest BCUT2D eigenvalue weighted by molar-refractivity contribution is -0.137. The van der Waals surface area contributed by atoms with Gasteiger partial charge in [0.15, 0.2) is 0 Å². The van der Waals surface area contributed by atoms with Crippen LogP contribution in [0.1, 0.15) is 89.6 Å². The summed E-state index contributed by atoms with van der Waals surface area (Å²) in [5.41, 5.74) is 6.49. The van der Waals surface area contributed by atoms with Gasteiger partial charge in [0, 0.05) is 107 Å². The normalized spacial score (nSPS) is 19.0. The molecule has 0 unspecified atom stereocenters. The molecule has 4 aliphatic rings. The number of carbonyl (C=O) groups excluding carboxylic acids is 4. The average Bonchev–Trinajstić information content (AvgIpc) is 4.02. The van der Waals surface area contributed by atoms with Gasteiger partial charge in [-0.05, 0) is 140 Å². The number of aliphatic carboxylic acids is 1. The number of hydrogen-bond acceptors (Lipinski definition) is 12. The average molecular weight is 1020 g/mol. The van der Waals surface area contributed by atoms with Crippen LogP contribution in [-0.4, -0.2) is 139 Å². The van der Waals surface area contributed by atoms with Crippen LogP contribution in [0.2, 0.25) is 0 Å². The molecule has 0 spiro atoms. The molecule has 2 aromatic heterocycles. The number of hydrogen-bond donors (Lipinski definition) is 4. The van der Waals surface area contributed by atoms with Gasteiger partial charge in [-0.25, -0.2) is 4.98 Å². The van der Waals surface area contributed by atoms with E-state index in [9.17, 15) is 29.1 Å². The Morgan fingerprint density at radius 1 is 0.893 bits per heavy atom. The molecule has 394 valence electrons. The third-order valence-electron chi connectivity index (χ3n) is 15.0. The van der Waals surface area contributed by atoms with Crippen molar-refractivity contribution in [3.8, 4) is 11.5 Å². The van der Waals surface area contributed by atoms with E-state index < -0.39 is 11.9 Å². The predicted octanol–water partition coefficient (Wildman–Crippen LogP) is 6.82. The van der Waals surface area contributed by atoms with E-state index in [2.05, 4.69) is 61.1 Å². The number of nitrogens with zero attached hydrogens (tertiary/aromatic N) is 6. The van der Waals surface area contributed by atoms with Crippen molar-refractivity contribution in [2.45, 2.75) is 69.7 Å². The summed E-state index contributed by atoms with van der Waals surface area (Å²) in [4.78, 5) is 81.2. The largest absolute Gasteiger partial charge is 0.494 e. The van der Waals surface area contributed by atoms with Gasteiger partial charge >= 0.3 is 5.97 Å². The van der Waals surface area contributed by atoms with Crippen LogP contribution in [-0.2, 0) is 32.0 Å². The number of nitrogens with one attached hydrogen (secondary N) is 3. The van der Waals surface area contributed by atoms with Gasteiger partial charge in [0.2, 0.25) is 17.7 Å². The molecule has 0 saturated carbocycles. The Hall–Kier alpha value is -7.53. The van der Waals surface area contributed by atoms with Crippen molar-refractivity contribution in [2.75, 3.05) is 94.7 Å². The molecule has 75 heavy (non-hydrogen) atoms. The van der Waals surface area contributed by atoms with Crippen LogP contribution >= 0.6 is 0 Å². The van der Waals surface area contributed by atoms with Crippen molar-refractivity contribution in [1.29, 1.82) is 0 Å². The van der Waals surface area contributed by atoms with E-state index in [0.717, 1.165) is 80.1 Å². The second-order valence-corrected chi connectivity index (χ2v) is 20.2. The molecule has 3 fully saturated rings. The van der Waals surface area contributed by atoms with Crippen LogP contribution < -0.4 is 30.3 Å². The van der Waals surface area contributed by atoms with Crippen LogP contribution in [0.25, 0.3) is 0 Å². The Kier molecular flexibility index (Phi) is 17.5. The van der Waals surface area contributed by atoms with Crippen molar-refractivity contribution in [3.05, 3.63) is 137 Å². The fourth-order valence-corrected chi connectivity index (χ4v) is 10.9. The van der Waals surface area contributed by atoms with Gasteiger partial charge in [-0.2, -0.15) is 0 Å². The topological polar surface area (TPSA) is 199 Å². The number of carboxylic acid groups (broad SMARTS) is 1. The third kappa shape index (κ3) is 14.0. The van der Waals surface area contributed by atoms with Gasteiger partial charge in [0.1, 0.15) is 23.9 Å². The number of piperazine rings is 1. The van der Waals surface area contributed by atoms with E-state index in [1.807, 2.05) is 17.0 Å². The van der Waals surface area contributed by atoms with Crippen molar-refractivity contribution >= 4 is 46.8 Å². The van der Waals surface area contributed by atoms with Crippen molar-refractivity contribution in [3.63, 3.8) is 0 Å². The second-order valence-electron chi connectivity index (χ2n) is 20.2. The van der Waals surface area contributed by atoms with E-state index in [1.54, 1.807) is 78.9 Å². The predicted molar refractivity (Wildman–Crippen MR) is 286 cm³/mol. The molecule has 6 heterocycles. The quantitative estimate of drug-likeness (QED) is 0.0528. The molecule has 0 aliphatic carbocycles. The van der Waals surface area contributed by atoms with Gasteiger partial charge in [0.25, 0.3) is 5.91 Å². The van der Waals surface area contributed by atoms with Crippen LogP contribution in [0, 0.1) is 11.8 Å². The monoisotopic (exact) mass is 1020 g/mol. The Morgan fingerprint density at radius 3 is 2.44 bits per heavy atom. The highest BCUT2D eigenvalue weighted by molar-refractivity contribution is 5.96. The Bertz CT molecular complexity index is 2750. The zero-order chi connectivity index (χ0) is 52.1. The van der Waals surface area contributed by atoms with Crippen molar-refractivity contribution in [1.82, 2.24) is 30.0 Å². The molecule has 0 radical (unpaired) electrons. The SMILES string of the molecule is CN1C(=O)C[C@H](C(=O)NCCOc2ccc(OCCCC(=O)Nc3ccc(C(=O)N4CCN(c5cccc([C@H](CC(=O)O)CN6CC[C@@H](CCc7ccc8c(n7)NCCC8)C6)c5)CC4)cc3)cc2)[C@H]1c1cccnc1. The summed E-state index contributed by atoms with van der Waals surface area (Å²) < 4.78 is 11.7. The van der Waals surface area contributed by atoms with Gasteiger partial charge in [-0.15, -0.1) is 0 Å². The number of benzene rings is 3. The van der Waals surface area contributed by atoms with Crippen LogP contribution in [0.5, 0.6) is 11.5 Å². The Balaban J connectivity index is 0.654. The number of pyridine rings is 2. The number of likely N-dealkylation sites (tertiary alicyclic amines) is 2. The highest BCUT2D eigenvalue weighted by atomic mass is 16.5. The smallest absolute Gasteiger partial charge is 0.304 e. The van der Waals surface area contributed by atoms with Gasteiger partial charge in [-0.1, -0.05) is 24.3 Å². The van der Waals surface area contributed by atoms with E-state index in [1.165, 1.54) is 5.56 Å². The molecule has 4 atom stereocenters. The first-order valence-corrected chi connectivity index (χ1v) is 26.5. The van der Waals surface area contributed by atoms with E-state index in [0.29, 0.717) is 74.4 Å². The summed E-state index contributed by atoms with van der Waals surface area (Å²) in [5, 5.41) is 19.2. The number of carbonyl (C=O) groups is 5. The first kappa shape index (κ1) is 52.3. The van der Waals surface area contributed by atoms with Crippen molar-refractivity contribution < 1.29 is 38.6 Å². The summed E-state index contributed by atoms with van der Waals surface area (Å²) in [6.07, 6.45) is 9.68. The maximum absolute atomic E-state index is 13.6. The van der Waals surface area contributed by atoms with Crippen LogP contribution in [0.4, 0.5) is 17.2 Å². The highest BCUT2D eigenvalue weighted by Gasteiger charge is 2.42. The minimum Gasteiger partial charge on any atom is -0.494 e. The molecule has 4 aliphatic heterocycles. The Morgan fingerprint density at radius 2 is 1.68 bits per heavy atom. The van der Waals surface area contributed by atoms with Gasteiger partial charge in [-0.3, -0.25) is 29.0 Å². The number of rotatable bonds is 22. The highest BCUT2D eigenvalue weighted by Crippen LogP contribution is 2.37. The van der Waals surface area contributed by atoms with Gasteiger partial charge in [0.05, 0.1) is 31.5 Å². The number of ether oxygens (including phenoxy) is 2. The molecule has 9 rings (SSSR count). The van der Waals surface area contributed by atoms with Crippen LogP contribution in [0.3, 0.4) is 0 Å². The number of carboxylic acids is 1. The van der Waals surface area contributed by atoms with E-state index in [4.69, 9.17) is 14.5 Å². The summed E-state index contributed by atoms with van der Waals surface area (Å²) in [7, 11) is 1.71. The lowest BCUT2D eigenvalue weighted by Crippen LogP contribution is -2.48. The summed E-state index contributed by atoms with van der Waals surface area (Å²) in [5.74, 6) is 0.912. The lowest BCUT2D eigenvalue weighted by atomic mass is 9.94. The number of amides is 4. The summed E-state index contributed by atoms with van der Waals surface area (Å²) in [6.45, 7) is 6.89. The van der Waals surface area contributed by atoms with E-state index in [-0.39, 0.29) is 68.0 Å². The Labute approximate surface area is 439 Å².